The van der Waals surface area contributed by atoms with E-state index in [-0.39, 0.29) is 11.4 Å². The van der Waals surface area contributed by atoms with E-state index < -0.39 is 0 Å². The molecular formula is C44H30N4O2. The lowest BCUT2D eigenvalue weighted by Gasteiger charge is -2.07. The topological polar surface area (TPSA) is 91.5 Å². The normalized spacial score (nSPS) is 11.3. The highest BCUT2D eigenvalue weighted by atomic mass is 16.1. The number of fused-ring (bicyclic) bond motifs is 6. The molecule has 238 valence electrons. The molecule has 0 aliphatic carbocycles. The summed E-state index contributed by atoms with van der Waals surface area (Å²) in [6.45, 7) is 0. The zero-order valence-electron chi connectivity index (χ0n) is 26.9. The van der Waals surface area contributed by atoms with Gasteiger partial charge in [0.1, 0.15) is 11.4 Å². The average Bonchev–Trinajstić information content (AvgIpc) is 3.96. The van der Waals surface area contributed by atoms with Gasteiger partial charge in [-0.25, -0.2) is 9.97 Å². The van der Waals surface area contributed by atoms with E-state index in [2.05, 4.69) is 34.2 Å². The third-order valence-electron chi connectivity index (χ3n) is 8.83. The Hall–Kier alpha value is -6.92. The predicted molar refractivity (Wildman–Crippen MR) is 202 cm³/mol. The smallest absolute Gasteiger partial charge is 0.169 e. The molecule has 0 radical (unpaired) electrons. The van der Waals surface area contributed by atoms with E-state index >= 15 is 0 Å². The van der Waals surface area contributed by atoms with Gasteiger partial charge in [0.15, 0.2) is 12.6 Å². The Morgan fingerprint density at radius 3 is 0.980 bits per heavy atom. The quantitative estimate of drug-likeness (QED) is 0.176. The minimum Gasteiger partial charge on any atom is -0.354 e. The molecule has 1 aliphatic rings. The summed E-state index contributed by atoms with van der Waals surface area (Å²) in [7, 11) is 0. The van der Waals surface area contributed by atoms with Crippen molar-refractivity contribution in [2.24, 2.45) is 0 Å². The lowest BCUT2D eigenvalue weighted by molar-refractivity contribution is 0.111. The molecule has 6 heteroatoms. The minimum atomic E-state index is 0.116. The molecule has 8 rings (SSSR count). The van der Waals surface area contributed by atoms with Crippen LogP contribution in [0.3, 0.4) is 0 Å². The van der Waals surface area contributed by atoms with E-state index in [1.807, 2.05) is 133 Å². The van der Waals surface area contributed by atoms with Crippen molar-refractivity contribution in [1.82, 2.24) is 19.9 Å². The number of nitrogens with zero attached hydrogens (tertiary/aromatic N) is 2. The van der Waals surface area contributed by atoms with Crippen LogP contribution in [0.5, 0.6) is 0 Å². The third kappa shape index (κ3) is 5.65. The Morgan fingerprint density at radius 2 is 0.660 bits per heavy atom. The number of hydrogen-bond acceptors (Lipinski definition) is 4. The predicted octanol–water partition coefficient (Wildman–Crippen LogP) is 10.5. The van der Waals surface area contributed by atoms with Crippen molar-refractivity contribution in [3.63, 3.8) is 0 Å². The molecule has 6 nitrogen and oxygen atoms in total. The Bertz CT molecular complexity index is 2380. The minimum absolute atomic E-state index is 0.116. The molecule has 7 aromatic rings. The number of hydrogen-bond donors (Lipinski definition) is 2. The van der Waals surface area contributed by atoms with Gasteiger partial charge < -0.3 is 9.97 Å². The lowest BCUT2D eigenvalue weighted by Crippen LogP contribution is -1.97. The Kier molecular flexibility index (Phi) is 8.09. The van der Waals surface area contributed by atoms with Gasteiger partial charge in [-0.2, -0.15) is 0 Å². The molecule has 1 aliphatic heterocycles. The van der Waals surface area contributed by atoms with Crippen LogP contribution in [0.25, 0.3) is 78.7 Å². The molecule has 4 aromatic carbocycles. The largest absolute Gasteiger partial charge is 0.354 e. The third-order valence-corrected chi connectivity index (χ3v) is 8.83. The summed E-state index contributed by atoms with van der Waals surface area (Å²) in [6.07, 6.45) is 5.52. The molecule has 6 bridgehead atoms. The summed E-state index contributed by atoms with van der Waals surface area (Å²) in [4.78, 5) is 43.5. The molecule has 50 heavy (non-hydrogen) atoms. The average molecular weight is 647 g/mol. The first kappa shape index (κ1) is 30.4. The number of carbonyl (C=O) groups is 2. The van der Waals surface area contributed by atoms with Crippen LogP contribution >= 0.6 is 0 Å². The van der Waals surface area contributed by atoms with Crippen LogP contribution in [-0.2, 0) is 0 Å². The second-order valence-electron chi connectivity index (χ2n) is 11.9. The molecule has 2 N–H and O–H groups in total. The highest BCUT2D eigenvalue weighted by Gasteiger charge is 2.18. The number of rotatable bonds is 6. The molecular weight excluding hydrogens is 617 g/mol. The Balaban J connectivity index is 1.62. The maximum Gasteiger partial charge on any atom is 0.169 e. The molecule has 0 atom stereocenters. The molecule has 0 unspecified atom stereocenters. The molecule has 0 spiro atoms. The van der Waals surface area contributed by atoms with Crippen molar-refractivity contribution in [3.05, 3.63) is 168 Å². The zero-order chi connectivity index (χ0) is 33.9. The highest BCUT2D eigenvalue weighted by Crippen LogP contribution is 2.36. The number of benzene rings is 4. The van der Waals surface area contributed by atoms with Gasteiger partial charge in [0.25, 0.3) is 0 Å². The van der Waals surface area contributed by atoms with Crippen molar-refractivity contribution in [2.45, 2.75) is 0 Å². The zero-order valence-corrected chi connectivity index (χ0v) is 26.9. The number of aromatic nitrogens is 4. The molecule has 0 saturated heterocycles. The standard InChI is InChI=1S/C44H30N4O2/c49-27-39-43(31-17-9-3-10-18-31)37-25-23-35(46-37)41(29-13-5-1-6-14-29)33-21-22-34(45-33)42(30-15-7-2-8-16-30)36-24-26-38(47-36)44(40(28-50)48-39)32-19-11-4-12-20-32/h1-28,46-47H. The fourth-order valence-electron chi connectivity index (χ4n) is 6.61. The highest BCUT2D eigenvalue weighted by molar-refractivity contribution is 6.00. The van der Waals surface area contributed by atoms with Crippen molar-refractivity contribution < 1.29 is 9.59 Å². The number of H-pyrrole nitrogens is 2. The van der Waals surface area contributed by atoms with Gasteiger partial charge >= 0.3 is 0 Å². The van der Waals surface area contributed by atoms with Crippen LogP contribution in [-0.4, -0.2) is 32.5 Å². The first-order valence-corrected chi connectivity index (χ1v) is 16.3. The van der Waals surface area contributed by atoms with E-state index in [1.165, 1.54) is 0 Å². The fourth-order valence-corrected chi connectivity index (χ4v) is 6.61. The SMILES string of the molecule is O=Cc1nc(C=O)c(-c2ccccc2)c2ccc([nH]2)c(-c2ccccc2)c2nc(c(-c3ccccc3)c3ccc([nH]3)c1-c1ccccc1)C=C2. The van der Waals surface area contributed by atoms with E-state index in [4.69, 9.17) is 9.97 Å². The molecule has 0 fully saturated rings. The summed E-state index contributed by atoms with van der Waals surface area (Å²) >= 11 is 0. The van der Waals surface area contributed by atoms with Gasteiger partial charge in [-0.1, -0.05) is 121 Å². The summed E-state index contributed by atoms with van der Waals surface area (Å²) < 4.78 is 0. The van der Waals surface area contributed by atoms with Crippen molar-refractivity contribution in [1.29, 1.82) is 0 Å². The van der Waals surface area contributed by atoms with E-state index in [9.17, 15) is 9.59 Å². The van der Waals surface area contributed by atoms with Crippen LogP contribution in [0.4, 0.5) is 0 Å². The van der Waals surface area contributed by atoms with Gasteiger partial charge in [-0.05, 0) is 58.7 Å². The van der Waals surface area contributed by atoms with Gasteiger partial charge in [0, 0.05) is 44.3 Å². The summed E-state index contributed by atoms with van der Waals surface area (Å²) in [6, 6.07) is 47.4. The maximum absolute atomic E-state index is 13.1. The molecule has 0 amide bonds. The lowest BCUT2D eigenvalue weighted by atomic mass is 10.0. The van der Waals surface area contributed by atoms with Crippen molar-refractivity contribution >= 4 is 46.8 Å². The number of aromatic amines is 2. The number of nitrogens with one attached hydrogen (secondary N) is 2. The molecule has 0 saturated carbocycles. The molecule has 3 aromatic heterocycles. The molecule has 4 heterocycles. The van der Waals surface area contributed by atoms with E-state index in [1.54, 1.807) is 0 Å². The first-order valence-electron chi connectivity index (χ1n) is 16.3. The maximum atomic E-state index is 13.1. The summed E-state index contributed by atoms with van der Waals surface area (Å²) in [5, 5.41) is 0. The van der Waals surface area contributed by atoms with Gasteiger partial charge in [0.05, 0.1) is 11.4 Å². The Morgan fingerprint density at radius 1 is 0.360 bits per heavy atom. The van der Waals surface area contributed by atoms with Crippen molar-refractivity contribution in [3.8, 4) is 44.5 Å². The second kappa shape index (κ2) is 13.3. The van der Waals surface area contributed by atoms with Crippen LogP contribution in [0, 0.1) is 0 Å². The van der Waals surface area contributed by atoms with Gasteiger partial charge in [-0.15, -0.1) is 0 Å². The van der Waals surface area contributed by atoms with E-state index in [0.29, 0.717) is 34.7 Å². The first-order chi connectivity index (χ1) is 24.7. The number of aldehydes is 2. The monoisotopic (exact) mass is 646 g/mol. The summed E-state index contributed by atoms with van der Waals surface area (Å²) in [5.41, 5.74) is 11.3. The Labute approximate surface area is 288 Å². The van der Waals surface area contributed by atoms with Crippen LogP contribution in [0.2, 0.25) is 0 Å². The fraction of sp³-hybridized carbons (Fsp3) is 0. The van der Waals surface area contributed by atoms with Crippen molar-refractivity contribution in [2.75, 3.05) is 0 Å². The summed E-state index contributed by atoms with van der Waals surface area (Å²) in [5.74, 6) is 0. The van der Waals surface area contributed by atoms with Crippen LogP contribution < -0.4 is 0 Å². The second-order valence-corrected chi connectivity index (χ2v) is 11.9. The van der Waals surface area contributed by atoms with Crippen LogP contribution in [0.1, 0.15) is 32.4 Å². The van der Waals surface area contributed by atoms with Crippen LogP contribution in [0.15, 0.2) is 146 Å². The van der Waals surface area contributed by atoms with Gasteiger partial charge in [0.2, 0.25) is 0 Å². The number of carbonyl (C=O) groups excluding carboxylic acids is 2. The van der Waals surface area contributed by atoms with Gasteiger partial charge in [-0.3, -0.25) is 9.59 Å². The van der Waals surface area contributed by atoms with E-state index in [0.717, 1.165) is 55.8 Å².